The number of nitrogens with two attached hydrogens (primary N) is 1. The monoisotopic (exact) mass is 273 g/mol. The SMILES string of the molecule is N[C@@H](Cc1ccc(C(=O)P(=O)(O)O)cc1)C(=O)O. The number of carboxylic acid groups (broad SMARTS) is 1. The molecule has 0 bridgehead atoms. The van der Waals surface area contributed by atoms with Crippen molar-refractivity contribution in [3.8, 4) is 0 Å². The van der Waals surface area contributed by atoms with Crippen LogP contribution in [0.4, 0.5) is 0 Å². The quantitative estimate of drug-likeness (QED) is 0.552. The molecule has 0 radical (unpaired) electrons. The molecule has 0 amide bonds. The fraction of sp³-hybridized carbons (Fsp3) is 0.200. The van der Waals surface area contributed by atoms with Gasteiger partial charge in [-0.15, -0.1) is 0 Å². The average Bonchev–Trinajstić information content (AvgIpc) is 2.27. The number of aliphatic carboxylic acids is 1. The van der Waals surface area contributed by atoms with Gasteiger partial charge in [0.2, 0.25) is 0 Å². The van der Waals surface area contributed by atoms with Crippen LogP contribution in [0, 0.1) is 0 Å². The molecule has 8 heteroatoms. The van der Waals surface area contributed by atoms with Crippen LogP contribution in [0.15, 0.2) is 24.3 Å². The molecule has 1 rings (SSSR count). The van der Waals surface area contributed by atoms with Crippen LogP contribution < -0.4 is 5.73 Å². The highest BCUT2D eigenvalue weighted by atomic mass is 31.2. The predicted molar refractivity (Wildman–Crippen MR) is 62.1 cm³/mol. The van der Waals surface area contributed by atoms with Gasteiger partial charge in [0.05, 0.1) is 0 Å². The number of carbonyl (C=O) groups is 2. The zero-order chi connectivity index (χ0) is 13.9. The summed E-state index contributed by atoms with van der Waals surface area (Å²) in [4.78, 5) is 39.1. The largest absolute Gasteiger partial charge is 0.480 e. The highest BCUT2D eigenvalue weighted by molar-refractivity contribution is 7.70. The molecule has 1 aromatic carbocycles. The highest BCUT2D eigenvalue weighted by Crippen LogP contribution is 2.38. The molecule has 0 saturated carbocycles. The lowest BCUT2D eigenvalue weighted by Crippen LogP contribution is -2.32. The Morgan fingerprint density at radius 1 is 1.22 bits per heavy atom. The summed E-state index contributed by atoms with van der Waals surface area (Å²) in [6.45, 7) is 0. The average molecular weight is 273 g/mol. The number of carbonyl (C=O) groups excluding carboxylic acids is 1. The van der Waals surface area contributed by atoms with Gasteiger partial charge in [-0.3, -0.25) is 14.2 Å². The maximum atomic E-state index is 11.2. The summed E-state index contributed by atoms with van der Waals surface area (Å²) in [5, 5.41) is 8.61. The summed E-state index contributed by atoms with van der Waals surface area (Å²) < 4.78 is 10.7. The minimum absolute atomic E-state index is 0.0692. The first kappa shape index (κ1) is 14.5. The van der Waals surface area contributed by atoms with Crippen LogP contribution in [-0.2, 0) is 15.8 Å². The van der Waals surface area contributed by atoms with E-state index in [0.717, 1.165) is 0 Å². The molecule has 1 atom stereocenters. The van der Waals surface area contributed by atoms with Gasteiger partial charge in [0.25, 0.3) is 5.52 Å². The molecule has 0 heterocycles. The molecule has 98 valence electrons. The van der Waals surface area contributed by atoms with Gasteiger partial charge in [-0.25, -0.2) is 0 Å². The first-order valence-electron chi connectivity index (χ1n) is 4.89. The van der Waals surface area contributed by atoms with E-state index >= 15 is 0 Å². The molecule has 0 spiro atoms. The van der Waals surface area contributed by atoms with Crippen LogP contribution in [-0.4, -0.2) is 32.4 Å². The Labute approximate surface area is 102 Å². The summed E-state index contributed by atoms with van der Waals surface area (Å²) in [6.07, 6.45) is 0.0692. The molecule has 7 nitrogen and oxygen atoms in total. The zero-order valence-corrected chi connectivity index (χ0v) is 10.1. The van der Waals surface area contributed by atoms with Crippen molar-refractivity contribution < 1.29 is 29.0 Å². The maximum Gasteiger partial charge on any atom is 0.396 e. The van der Waals surface area contributed by atoms with Crippen molar-refractivity contribution in [3.05, 3.63) is 35.4 Å². The van der Waals surface area contributed by atoms with Crippen LogP contribution in [0.3, 0.4) is 0 Å². The third kappa shape index (κ3) is 3.75. The lowest BCUT2D eigenvalue weighted by Gasteiger charge is -2.07. The van der Waals surface area contributed by atoms with Crippen molar-refractivity contribution in [2.45, 2.75) is 12.5 Å². The summed E-state index contributed by atoms with van der Waals surface area (Å²) in [5.41, 5.74) is 4.49. The third-order valence-electron chi connectivity index (χ3n) is 2.24. The number of hydrogen-bond donors (Lipinski definition) is 4. The van der Waals surface area contributed by atoms with Crippen molar-refractivity contribution in [3.63, 3.8) is 0 Å². The number of rotatable bonds is 5. The van der Waals surface area contributed by atoms with Crippen molar-refractivity contribution in [1.29, 1.82) is 0 Å². The molecular weight excluding hydrogens is 261 g/mol. The second-order valence-electron chi connectivity index (χ2n) is 3.69. The minimum Gasteiger partial charge on any atom is -0.480 e. The molecule has 0 fully saturated rings. The summed E-state index contributed by atoms with van der Waals surface area (Å²) in [5.74, 6) is -1.15. The number of benzene rings is 1. The second kappa shape index (κ2) is 5.41. The van der Waals surface area contributed by atoms with E-state index in [4.69, 9.17) is 20.6 Å². The van der Waals surface area contributed by atoms with E-state index < -0.39 is 25.1 Å². The number of hydrogen-bond acceptors (Lipinski definition) is 4. The van der Waals surface area contributed by atoms with Crippen LogP contribution in [0.1, 0.15) is 15.9 Å². The molecule has 0 aliphatic heterocycles. The van der Waals surface area contributed by atoms with Crippen LogP contribution in [0.25, 0.3) is 0 Å². The Kier molecular flexibility index (Phi) is 4.37. The molecule has 0 aliphatic rings. The molecule has 0 unspecified atom stereocenters. The van der Waals surface area contributed by atoms with Gasteiger partial charge in [0.15, 0.2) is 0 Å². The summed E-state index contributed by atoms with van der Waals surface area (Å²) >= 11 is 0. The van der Waals surface area contributed by atoms with Crippen molar-refractivity contribution >= 4 is 19.1 Å². The lowest BCUT2D eigenvalue weighted by molar-refractivity contribution is -0.138. The topological polar surface area (TPSA) is 138 Å². The fourth-order valence-electron chi connectivity index (χ4n) is 1.29. The second-order valence-corrected chi connectivity index (χ2v) is 5.19. The van der Waals surface area contributed by atoms with Crippen molar-refractivity contribution in [2.24, 2.45) is 5.73 Å². The van der Waals surface area contributed by atoms with Gasteiger partial charge in [-0.05, 0) is 12.0 Å². The van der Waals surface area contributed by atoms with Gasteiger partial charge in [-0.2, -0.15) is 0 Å². The molecule has 0 aliphatic carbocycles. The van der Waals surface area contributed by atoms with E-state index in [9.17, 15) is 14.2 Å². The van der Waals surface area contributed by atoms with Gasteiger partial charge < -0.3 is 20.6 Å². The predicted octanol–water partition coefficient (Wildman–Crippen LogP) is -0.0411. The smallest absolute Gasteiger partial charge is 0.396 e. The van der Waals surface area contributed by atoms with Crippen LogP contribution >= 0.6 is 7.60 Å². The fourth-order valence-corrected chi connectivity index (χ4v) is 1.78. The van der Waals surface area contributed by atoms with Crippen molar-refractivity contribution in [2.75, 3.05) is 0 Å². The van der Waals surface area contributed by atoms with E-state index in [-0.39, 0.29) is 12.0 Å². The van der Waals surface area contributed by atoms with Crippen LogP contribution in [0.5, 0.6) is 0 Å². The summed E-state index contributed by atoms with van der Waals surface area (Å²) in [7, 11) is -4.79. The third-order valence-corrected chi connectivity index (χ3v) is 3.03. The molecule has 18 heavy (non-hydrogen) atoms. The lowest BCUT2D eigenvalue weighted by atomic mass is 10.1. The maximum absolute atomic E-state index is 11.2. The first-order chi connectivity index (χ1) is 8.21. The molecule has 0 aromatic heterocycles. The van der Waals surface area contributed by atoms with E-state index in [1.165, 1.54) is 24.3 Å². The Morgan fingerprint density at radius 3 is 2.11 bits per heavy atom. The Morgan fingerprint density at radius 2 is 1.72 bits per heavy atom. The first-order valence-corrected chi connectivity index (χ1v) is 6.51. The van der Waals surface area contributed by atoms with Gasteiger partial charge in [-0.1, -0.05) is 24.3 Å². The Hall–Kier alpha value is -1.53. The molecule has 0 saturated heterocycles. The standard InChI is InChI=1S/C10H12NO6P/c11-8(9(12)13)5-6-1-3-7(4-2-6)10(14)18(15,16)17/h1-4,8H,5,11H2,(H,12,13)(H2,15,16,17)/t8-/m0/s1. The van der Waals surface area contributed by atoms with E-state index in [1.807, 2.05) is 0 Å². The molecular formula is C10H12NO6P. The summed E-state index contributed by atoms with van der Waals surface area (Å²) in [6, 6.07) is 4.21. The van der Waals surface area contributed by atoms with Gasteiger partial charge >= 0.3 is 13.6 Å². The van der Waals surface area contributed by atoms with Crippen molar-refractivity contribution in [1.82, 2.24) is 0 Å². The molecule has 1 aromatic rings. The Bertz CT molecular complexity index is 506. The normalized spacial score (nSPS) is 13.1. The molecule has 5 N–H and O–H groups in total. The van der Waals surface area contributed by atoms with E-state index in [0.29, 0.717) is 5.56 Å². The van der Waals surface area contributed by atoms with E-state index in [1.54, 1.807) is 0 Å². The highest BCUT2D eigenvalue weighted by Gasteiger charge is 2.27. The minimum atomic E-state index is -4.79. The Balaban J connectivity index is 2.84. The zero-order valence-electron chi connectivity index (χ0n) is 9.18. The van der Waals surface area contributed by atoms with E-state index in [2.05, 4.69) is 0 Å². The van der Waals surface area contributed by atoms with Crippen LogP contribution in [0.2, 0.25) is 0 Å². The van der Waals surface area contributed by atoms with Gasteiger partial charge in [0.1, 0.15) is 6.04 Å². The number of carboxylic acids is 1. The van der Waals surface area contributed by atoms with Gasteiger partial charge in [0, 0.05) is 5.56 Å².